The quantitative estimate of drug-likeness (QED) is 0.251. The van der Waals surface area contributed by atoms with Gasteiger partial charge in [0.05, 0.1) is 18.8 Å². The summed E-state index contributed by atoms with van der Waals surface area (Å²) in [6.07, 6.45) is 6.09. The van der Waals surface area contributed by atoms with Crippen LogP contribution in [0.2, 0.25) is 0 Å². The molecular weight excluding hydrogens is 272 g/mol. The summed E-state index contributed by atoms with van der Waals surface area (Å²) in [5.74, 6) is 0.0231. The Hall–Kier alpha value is -1.07. The monoisotopic (exact) mass is 302 g/mol. The number of allylic oxidation sites excluding steroid dienone is 1. The van der Waals surface area contributed by atoms with Crippen LogP contribution in [0.25, 0.3) is 0 Å². The third-order valence-corrected chi connectivity index (χ3v) is 3.27. The maximum atomic E-state index is 11.7. The van der Waals surface area contributed by atoms with Crippen molar-refractivity contribution in [1.29, 1.82) is 0 Å². The lowest BCUT2D eigenvalue weighted by Gasteiger charge is -2.12. The van der Waals surface area contributed by atoms with Gasteiger partial charge in [-0.05, 0) is 20.3 Å². The van der Waals surface area contributed by atoms with Crippen LogP contribution in [-0.4, -0.2) is 42.1 Å². The number of unbranched alkanes of at least 4 members (excludes halogenated alkanes) is 5. The van der Waals surface area contributed by atoms with E-state index < -0.39 is 18.7 Å². The average molecular weight is 302 g/mol. The van der Waals surface area contributed by atoms with Gasteiger partial charge in [0.1, 0.15) is 18.5 Å². The number of esters is 1. The summed E-state index contributed by atoms with van der Waals surface area (Å²) >= 11 is 0. The molecule has 0 fully saturated rings. The minimum Gasteiger partial charge on any atom is -0.498 e. The number of aliphatic hydroxyl groups is 2. The van der Waals surface area contributed by atoms with Crippen LogP contribution in [0, 0.1) is 0 Å². The summed E-state index contributed by atoms with van der Waals surface area (Å²) in [4.78, 5) is 11.7. The Balaban J connectivity index is 3.88. The predicted octanol–water partition coefficient (Wildman–Crippen LogP) is 2.55. The Bertz CT molecular complexity index is 312. The number of hydrogen-bond acceptors (Lipinski definition) is 5. The molecule has 0 aliphatic carbocycles. The maximum absolute atomic E-state index is 11.7. The minimum absolute atomic E-state index is 0.211. The van der Waals surface area contributed by atoms with Gasteiger partial charge in [-0.2, -0.15) is 0 Å². The van der Waals surface area contributed by atoms with Crippen LogP contribution >= 0.6 is 0 Å². The number of carbonyl (C=O) groups is 1. The first-order chi connectivity index (χ1) is 10.0. The second kappa shape index (κ2) is 12.7. The Morgan fingerprint density at radius 2 is 1.67 bits per heavy atom. The normalized spacial score (nSPS) is 13.6. The molecule has 1 atom stereocenters. The van der Waals surface area contributed by atoms with Crippen molar-refractivity contribution in [3.05, 3.63) is 11.3 Å². The van der Waals surface area contributed by atoms with Crippen LogP contribution < -0.4 is 0 Å². The number of carbonyl (C=O) groups excluding carboxylic acids is 1. The highest BCUT2D eigenvalue weighted by Gasteiger charge is 2.12. The van der Waals surface area contributed by atoms with Crippen molar-refractivity contribution in [3.63, 3.8) is 0 Å². The van der Waals surface area contributed by atoms with Crippen molar-refractivity contribution in [2.45, 2.75) is 65.4 Å². The van der Waals surface area contributed by atoms with Gasteiger partial charge < -0.3 is 19.7 Å². The van der Waals surface area contributed by atoms with Gasteiger partial charge in [0, 0.05) is 0 Å². The number of aliphatic hydroxyl groups excluding tert-OH is 2. The zero-order valence-corrected chi connectivity index (χ0v) is 13.6. The molecule has 0 spiro atoms. The molecule has 21 heavy (non-hydrogen) atoms. The van der Waals surface area contributed by atoms with E-state index in [2.05, 4.69) is 6.92 Å². The molecule has 1 unspecified atom stereocenters. The van der Waals surface area contributed by atoms with E-state index >= 15 is 0 Å². The average Bonchev–Trinajstić information content (AvgIpc) is 2.50. The Morgan fingerprint density at radius 3 is 2.29 bits per heavy atom. The first kappa shape index (κ1) is 19.9. The van der Waals surface area contributed by atoms with Gasteiger partial charge in [0.25, 0.3) is 0 Å². The molecule has 2 N–H and O–H groups in total. The summed E-state index contributed by atoms with van der Waals surface area (Å²) in [6.45, 7) is 5.52. The maximum Gasteiger partial charge on any atom is 0.337 e. The van der Waals surface area contributed by atoms with E-state index in [1.165, 1.54) is 25.7 Å². The lowest BCUT2D eigenvalue weighted by Crippen LogP contribution is -2.22. The van der Waals surface area contributed by atoms with Gasteiger partial charge in [0.2, 0.25) is 0 Å². The van der Waals surface area contributed by atoms with Crippen molar-refractivity contribution >= 4 is 5.97 Å². The zero-order valence-electron chi connectivity index (χ0n) is 13.6. The van der Waals surface area contributed by atoms with E-state index in [1.807, 2.05) is 0 Å². The number of rotatable bonds is 12. The molecule has 0 rings (SSSR count). The fourth-order valence-electron chi connectivity index (χ4n) is 1.69. The lowest BCUT2D eigenvalue weighted by atomic mass is 10.1. The van der Waals surface area contributed by atoms with Crippen LogP contribution in [-0.2, 0) is 14.3 Å². The predicted molar refractivity (Wildman–Crippen MR) is 81.8 cm³/mol. The summed E-state index contributed by atoms with van der Waals surface area (Å²) in [5.41, 5.74) is 0.395. The molecule has 0 aliphatic rings. The van der Waals surface area contributed by atoms with Crippen molar-refractivity contribution < 1.29 is 24.5 Å². The topological polar surface area (TPSA) is 76.0 Å². The minimum atomic E-state index is -1.04. The first-order valence-electron chi connectivity index (χ1n) is 7.79. The molecule has 0 aromatic carbocycles. The van der Waals surface area contributed by atoms with Crippen LogP contribution in [0.1, 0.15) is 59.3 Å². The summed E-state index contributed by atoms with van der Waals surface area (Å²) in [7, 11) is 0. The molecule has 5 nitrogen and oxygen atoms in total. The van der Waals surface area contributed by atoms with Crippen LogP contribution in [0.3, 0.4) is 0 Å². The van der Waals surface area contributed by atoms with Gasteiger partial charge in [0.15, 0.2) is 0 Å². The van der Waals surface area contributed by atoms with E-state index in [1.54, 1.807) is 13.8 Å². The van der Waals surface area contributed by atoms with Crippen LogP contribution in [0.5, 0.6) is 0 Å². The molecule has 124 valence electrons. The summed E-state index contributed by atoms with van der Waals surface area (Å²) in [5, 5.41) is 17.8. The lowest BCUT2D eigenvalue weighted by molar-refractivity contribution is -0.142. The van der Waals surface area contributed by atoms with E-state index in [9.17, 15) is 4.79 Å². The van der Waals surface area contributed by atoms with Gasteiger partial charge in [-0.1, -0.05) is 39.0 Å². The Kier molecular flexibility index (Phi) is 12.0. The fraction of sp³-hybridized carbons (Fsp3) is 0.812. The summed E-state index contributed by atoms with van der Waals surface area (Å²) < 4.78 is 10.4. The second-order valence-corrected chi connectivity index (χ2v) is 5.23. The van der Waals surface area contributed by atoms with Crippen LogP contribution in [0.4, 0.5) is 0 Å². The smallest absolute Gasteiger partial charge is 0.337 e. The Morgan fingerprint density at radius 1 is 1.05 bits per heavy atom. The van der Waals surface area contributed by atoms with Gasteiger partial charge in [-0.15, -0.1) is 0 Å². The van der Waals surface area contributed by atoms with Crippen molar-refractivity contribution in [1.82, 2.24) is 0 Å². The van der Waals surface area contributed by atoms with Crippen molar-refractivity contribution in [2.75, 3.05) is 19.8 Å². The number of ether oxygens (including phenoxy) is 2. The fourth-order valence-corrected chi connectivity index (χ4v) is 1.69. The molecular formula is C16H30O5. The molecule has 0 aromatic heterocycles. The molecule has 0 heterocycles. The first-order valence-corrected chi connectivity index (χ1v) is 7.79. The van der Waals surface area contributed by atoms with Crippen molar-refractivity contribution in [2.24, 2.45) is 0 Å². The molecule has 0 radical (unpaired) electrons. The molecule has 0 saturated carbocycles. The highest BCUT2D eigenvalue weighted by molar-refractivity contribution is 5.88. The highest BCUT2D eigenvalue weighted by atomic mass is 16.5. The van der Waals surface area contributed by atoms with Gasteiger partial charge >= 0.3 is 5.97 Å². The molecule has 0 saturated heterocycles. The molecule has 0 aromatic rings. The zero-order chi connectivity index (χ0) is 16.1. The molecule has 0 bridgehead atoms. The molecule has 0 amide bonds. The number of hydrogen-bond donors (Lipinski definition) is 2. The SMILES string of the molecule is CCCCCCCCOC(C)=C(C)C(=O)OCC(O)CO. The van der Waals surface area contributed by atoms with E-state index in [0.717, 1.165) is 12.8 Å². The molecule has 5 heteroatoms. The molecule has 0 aliphatic heterocycles. The Labute approximate surface area is 128 Å². The van der Waals surface area contributed by atoms with E-state index in [-0.39, 0.29) is 6.61 Å². The van der Waals surface area contributed by atoms with Gasteiger partial charge in [-0.25, -0.2) is 4.79 Å². The summed E-state index contributed by atoms with van der Waals surface area (Å²) in [6, 6.07) is 0. The van der Waals surface area contributed by atoms with E-state index in [4.69, 9.17) is 19.7 Å². The van der Waals surface area contributed by atoms with Crippen molar-refractivity contribution in [3.8, 4) is 0 Å². The van der Waals surface area contributed by atoms with Gasteiger partial charge in [-0.3, -0.25) is 0 Å². The highest BCUT2D eigenvalue weighted by Crippen LogP contribution is 2.10. The largest absolute Gasteiger partial charge is 0.498 e. The van der Waals surface area contributed by atoms with Crippen LogP contribution in [0.15, 0.2) is 11.3 Å². The van der Waals surface area contributed by atoms with E-state index in [0.29, 0.717) is 17.9 Å². The second-order valence-electron chi connectivity index (χ2n) is 5.23. The third kappa shape index (κ3) is 10.3. The standard InChI is InChI=1S/C16H30O5/c1-4-5-6-7-8-9-10-20-14(3)13(2)16(19)21-12-15(18)11-17/h15,17-18H,4-12H2,1-3H3. The third-order valence-electron chi connectivity index (χ3n) is 3.27.